The van der Waals surface area contributed by atoms with Crippen LogP contribution in [0.25, 0.3) is 0 Å². The highest BCUT2D eigenvalue weighted by atomic mass is 16.1. The topological polar surface area (TPSA) is 41.1 Å². The zero-order valence-corrected chi connectivity index (χ0v) is 12.1. The van der Waals surface area contributed by atoms with Gasteiger partial charge in [0.15, 0.2) is 0 Å². The molecule has 0 bridgehead atoms. The molecule has 0 saturated heterocycles. The van der Waals surface area contributed by atoms with Crippen LogP contribution >= 0.6 is 0 Å². The molecule has 1 fully saturated rings. The third-order valence-electron chi connectivity index (χ3n) is 3.94. The van der Waals surface area contributed by atoms with Gasteiger partial charge in [0.1, 0.15) is 0 Å². The molecule has 1 saturated carbocycles. The van der Waals surface area contributed by atoms with E-state index in [9.17, 15) is 4.79 Å². The molecule has 0 spiro atoms. The molecule has 0 aromatic heterocycles. The molecule has 1 atom stereocenters. The van der Waals surface area contributed by atoms with E-state index < -0.39 is 0 Å². The molecule has 19 heavy (non-hydrogen) atoms. The van der Waals surface area contributed by atoms with Gasteiger partial charge in [-0.3, -0.25) is 4.79 Å². The van der Waals surface area contributed by atoms with E-state index in [1.54, 1.807) is 0 Å². The number of carbonyl (C=O) groups excluding carboxylic acids is 1. The van der Waals surface area contributed by atoms with Gasteiger partial charge in [0.25, 0.3) is 0 Å². The maximum Gasteiger partial charge on any atom is 0.238 e. The molecule has 3 nitrogen and oxygen atoms in total. The summed E-state index contributed by atoms with van der Waals surface area (Å²) in [6.07, 6.45) is 3.57. The summed E-state index contributed by atoms with van der Waals surface area (Å²) in [4.78, 5) is 11.9. The molecule has 1 aliphatic rings. The van der Waals surface area contributed by atoms with E-state index in [-0.39, 0.29) is 5.91 Å². The highest BCUT2D eigenvalue weighted by Crippen LogP contribution is 2.36. The minimum atomic E-state index is 0.0407. The maximum absolute atomic E-state index is 11.9. The fraction of sp³-hybridized carbons (Fsp3) is 0.562. The van der Waals surface area contributed by atoms with Gasteiger partial charge in [-0.15, -0.1) is 0 Å². The second-order valence-electron chi connectivity index (χ2n) is 6.35. The number of hydrogen-bond acceptors (Lipinski definition) is 2. The van der Waals surface area contributed by atoms with E-state index in [0.717, 1.165) is 17.7 Å². The largest absolute Gasteiger partial charge is 0.325 e. The highest BCUT2D eigenvalue weighted by Gasteiger charge is 2.30. The molecule has 1 amide bonds. The Morgan fingerprint density at radius 3 is 2.74 bits per heavy atom. The number of rotatable bonds is 4. The van der Waals surface area contributed by atoms with Gasteiger partial charge in [-0.05, 0) is 43.2 Å². The molecule has 0 radical (unpaired) electrons. The van der Waals surface area contributed by atoms with Crippen molar-refractivity contribution >= 4 is 11.6 Å². The smallest absolute Gasteiger partial charge is 0.238 e. The van der Waals surface area contributed by atoms with E-state index in [1.807, 2.05) is 31.2 Å². The van der Waals surface area contributed by atoms with Gasteiger partial charge in [0.05, 0.1) is 6.54 Å². The number of carbonyl (C=O) groups is 1. The van der Waals surface area contributed by atoms with Crippen molar-refractivity contribution in [2.24, 2.45) is 5.41 Å². The first-order valence-electron chi connectivity index (χ1n) is 7.05. The van der Waals surface area contributed by atoms with Crippen LogP contribution in [-0.4, -0.2) is 18.5 Å². The maximum atomic E-state index is 11.9. The van der Waals surface area contributed by atoms with E-state index in [2.05, 4.69) is 24.5 Å². The van der Waals surface area contributed by atoms with E-state index in [1.165, 1.54) is 12.8 Å². The number of nitrogens with one attached hydrogen (secondary N) is 2. The molecule has 1 unspecified atom stereocenters. The van der Waals surface area contributed by atoms with Gasteiger partial charge in [-0.1, -0.05) is 32.0 Å². The molecule has 0 heterocycles. The van der Waals surface area contributed by atoms with Crippen LogP contribution in [0.4, 0.5) is 5.69 Å². The van der Waals surface area contributed by atoms with Gasteiger partial charge >= 0.3 is 0 Å². The van der Waals surface area contributed by atoms with Crippen LogP contribution in [-0.2, 0) is 4.79 Å². The molecule has 2 N–H and O–H groups in total. The number of para-hydroxylation sites is 1. The fourth-order valence-corrected chi connectivity index (χ4v) is 2.75. The molecule has 3 heteroatoms. The molecular formula is C16H24N2O. The SMILES string of the molecule is Cc1ccccc1NC(=O)CNC1CCC(C)(C)C1. The van der Waals surface area contributed by atoms with Crippen LogP contribution in [0.2, 0.25) is 0 Å². The summed E-state index contributed by atoms with van der Waals surface area (Å²) >= 11 is 0. The normalized spacial score (nSPS) is 21.3. The minimum absolute atomic E-state index is 0.0407. The molecular weight excluding hydrogens is 236 g/mol. The van der Waals surface area contributed by atoms with Crippen molar-refractivity contribution in [3.63, 3.8) is 0 Å². The lowest BCUT2D eigenvalue weighted by Crippen LogP contribution is -2.35. The van der Waals surface area contributed by atoms with Gasteiger partial charge < -0.3 is 10.6 Å². The Kier molecular flexibility index (Phi) is 4.25. The van der Waals surface area contributed by atoms with Crippen LogP contribution in [0.3, 0.4) is 0 Å². The van der Waals surface area contributed by atoms with E-state index >= 15 is 0 Å². The van der Waals surface area contributed by atoms with Gasteiger partial charge in [0, 0.05) is 11.7 Å². The first-order valence-corrected chi connectivity index (χ1v) is 7.05. The molecule has 1 aliphatic carbocycles. The van der Waals surface area contributed by atoms with Crippen LogP contribution < -0.4 is 10.6 Å². The summed E-state index contributed by atoms with van der Waals surface area (Å²) in [6, 6.07) is 8.34. The minimum Gasteiger partial charge on any atom is -0.325 e. The van der Waals surface area contributed by atoms with Crippen molar-refractivity contribution < 1.29 is 4.79 Å². The average Bonchev–Trinajstić information content (AvgIpc) is 2.69. The molecule has 2 rings (SSSR count). The molecule has 104 valence electrons. The average molecular weight is 260 g/mol. The van der Waals surface area contributed by atoms with Crippen molar-refractivity contribution in [3.05, 3.63) is 29.8 Å². The van der Waals surface area contributed by atoms with Gasteiger partial charge in [-0.2, -0.15) is 0 Å². The predicted molar refractivity (Wildman–Crippen MR) is 79.2 cm³/mol. The predicted octanol–water partition coefficient (Wildman–Crippen LogP) is 3.10. The number of benzene rings is 1. The van der Waals surface area contributed by atoms with E-state index in [4.69, 9.17) is 0 Å². The van der Waals surface area contributed by atoms with E-state index in [0.29, 0.717) is 18.0 Å². The molecule has 1 aromatic rings. The standard InChI is InChI=1S/C16H24N2O/c1-12-6-4-5-7-14(12)18-15(19)11-17-13-8-9-16(2,3)10-13/h4-7,13,17H,8-11H2,1-3H3,(H,18,19). The third kappa shape index (κ3) is 4.06. The Hall–Kier alpha value is -1.35. The van der Waals surface area contributed by atoms with Crippen LogP contribution in [0, 0.1) is 12.3 Å². The fourth-order valence-electron chi connectivity index (χ4n) is 2.75. The Labute approximate surface area is 115 Å². The summed E-state index contributed by atoms with van der Waals surface area (Å²) in [6.45, 7) is 6.99. The zero-order valence-electron chi connectivity index (χ0n) is 12.1. The Morgan fingerprint density at radius 1 is 1.37 bits per heavy atom. The lowest BCUT2D eigenvalue weighted by Gasteiger charge is -2.17. The summed E-state index contributed by atoms with van der Waals surface area (Å²) in [5.74, 6) is 0.0407. The van der Waals surface area contributed by atoms with Crippen molar-refractivity contribution in [3.8, 4) is 0 Å². The third-order valence-corrected chi connectivity index (χ3v) is 3.94. The molecule has 0 aliphatic heterocycles. The van der Waals surface area contributed by atoms with Gasteiger partial charge in [-0.25, -0.2) is 0 Å². The zero-order chi connectivity index (χ0) is 13.9. The van der Waals surface area contributed by atoms with Crippen molar-refractivity contribution in [2.45, 2.75) is 46.1 Å². The van der Waals surface area contributed by atoms with Gasteiger partial charge in [0.2, 0.25) is 5.91 Å². The highest BCUT2D eigenvalue weighted by molar-refractivity contribution is 5.92. The number of hydrogen-bond donors (Lipinski definition) is 2. The van der Waals surface area contributed by atoms with Crippen molar-refractivity contribution in [1.82, 2.24) is 5.32 Å². The molecule has 1 aromatic carbocycles. The lowest BCUT2D eigenvalue weighted by molar-refractivity contribution is -0.115. The summed E-state index contributed by atoms with van der Waals surface area (Å²) in [5, 5.41) is 6.32. The number of amides is 1. The second-order valence-corrected chi connectivity index (χ2v) is 6.35. The number of aryl methyl sites for hydroxylation is 1. The first-order chi connectivity index (χ1) is 8.96. The summed E-state index contributed by atoms with van der Waals surface area (Å²) in [5.41, 5.74) is 2.42. The monoisotopic (exact) mass is 260 g/mol. The van der Waals surface area contributed by atoms with Crippen molar-refractivity contribution in [2.75, 3.05) is 11.9 Å². The lowest BCUT2D eigenvalue weighted by atomic mass is 9.92. The van der Waals surface area contributed by atoms with Crippen molar-refractivity contribution in [1.29, 1.82) is 0 Å². The number of anilines is 1. The quantitative estimate of drug-likeness (QED) is 0.873. The Morgan fingerprint density at radius 2 is 2.11 bits per heavy atom. The summed E-state index contributed by atoms with van der Waals surface area (Å²) < 4.78 is 0. The van der Waals surface area contributed by atoms with Crippen LogP contribution in [0.15, 0.2) is 24.3 Å². The first kappa shape index (κ1) is 14.1. The van der Waals surface area contributed by atoms with Crippen LogP contribution in [0.1, 0.15) is 38.7 Å². The van der Waals surface area contributed by atoms with Crippen LogP contribution in [0.5, 0.6) is 0 Å². The second kappa shape index (κ2) is 5.74. The summed E-state index contributed by atoms with van der Waals surface area (Å²) in [7, 11) is 0. The Balaban J connectivity index is 1.78. The Bertz CT molecular complexity index is 454.